The fourth-order valence-corrected chi connectivity index (χ4v) is 4.56. The largest absolute Gasteiger partial charge is 0.381 e. The molecular weight excluding hydrogens is 340 g/mol. The first kappa shape index (κ1) is 18.4. The van der Waals surface area contributed by atoms with Gasteiger partial charge in [0.2, 0.25) is 0 Å². The van der Waals surface area contributed by atoms with Crippen molar-refractivity contribution < 1.29 is 17.9 Å². The monoisotopic (exact) mass is 366 g/mol. The number of amides is 1. The predicted molar refractivity (Wildman–Crippen MR) is 96.4 cm³/mol. The summed E-state index contributed by atoms with van der Waals surface area (Å²) in [4.78, 5) is 14.7. The molecule has 2 heterocycles. The van der Waals surface area contributed by atoms with Gasteiger partial charge < -0.3 is 10.1 Å². The van der Waals surface area contributed by atoms with Gasteiger partial charge in [-0.3, -0.25) is 9.69 Å². The summed E-state index contributed by atoms with van der Waals surface area (Å²) < 4.78 is 28.4. The summed E-state index contributed by atoms with van der Waals surface area (Å²) in [6, 6.07) is 6.10. The summed E-state index contributed by atoms with van der Waals surface area (Å²) in [5.41, 5.74) is 2.70. The molecule has 1 aromatic rings. The van der Waals surface area contributed by atoms with E-state index in [0.29, 0.717) is 38.4 Å². The standard InChI is InChI=1S/C18H26N2O4S/c1-14-2-3-15(13-20-6-10-25(22,23)11-7-20)12-17(14)18(21)19-16-4-8-24-9-5-16/h2-3,12,16H,4-11,13H2,1H3,(H,19,21). The second kappa shape index (κ2) is 7.85. The zero-order valence-corrected chi connectivity index (χ0v) is 15.5. The predicted octanol–water partition coefficient (Wildman–Crippen LogP) is 1.13. The van der Waals surface area contributed by atoms with Crippen LogP contribution in [0, 0.1) is 6.92 Å². The minimum atomic E-state index is -2.87. The van der Waals surface area contributed by atoms with Gasteiger partial charge in [-0.15, -0.1) is 0 Å². The third-order valence-corrected chi connectivity index (χ3v) is 6.56. The van der Waals surface area contributed by atoms with Crippen LogP contribution in [0.4, 0.5) is 0 Å². The minimum absolute atomic E-state index is 0.0347. The Hall–Kier alpha value is -1.44. The molecule has 1 aromatic carbocycles. The van der Waals surface area contributed by atoms with E-state index in [9.17, 15) is 13.2 Å². The van der Waals surface area contributed by atoms with E-state index < -0.39 is 9.84 Å². The third-order valence-electron chi connectivity index (χ3n) is 4.95. The Morgan fingerprint density at radius 1 is 1.24 bits per heavy atom. The first-order valence-electron chi connectivity index (χ1n) is 8.84. The topological polar surface area (TPSA) is 75.7 Å². The van der Waals surface area contributed by atoms with Crippen LogP contribution in [0.2, 0.25) is 0 Å². The van der Waals surface area contributed by atoms with Crippen molar-refractivity contribution in [2.75, 3.05) is 37.8 Å². The Bertz CT molecular complexity index is 713. The van der Waals surface area contributed by atoms with Crippen LogP contribution in [0.15, 0.2) is 18.2 Å². The van der Waals surface area contributed by atoms with E-state index in [1.54, 1.807) is 0 Å². The Morgan fingerprint density at radius 2 is 1.92 bits per heavy atom. The van der Waals surface area contributed by atoms with Gasteiger partial charge in [0.05, 0.1) is 11.5 Å². The normalized spacial score (nSPS) is 21.8. The molecule has 2 aliphatic rings. The number of aryl methyl sites for hydroxylation is 1. The zero-order chi connectivity index (χ0) is 17.9. The van der Waals surface area contributed by atoms with Gasteiger partial charge in [0, 0.05) is 44.5 Å². The summed E-state index contributed by atoms with van der Waals surface area (Å²) >= 11 is 0. The van der Waals surface area contributed by atoms with E-state index >= 15 is 0 Å². The highest BCUT2D eigenvalue weighted by molar-refractivity contribution is 7.91. The third kappa shape index (κ3) is 5.03. The Kier molecular flexibility index (Phi) is 5.76. The molecule has 0 atom stereocenters. The van der Waals surface area contributed by atoms with Crippen LogP contribution in [-0.2, 0) is 21.1 Å². The molecule has 1 N–H and O–H groups in total. The summed E-state index contributed by atoms with van der Waals surface area (Å²) in [7, 11) is -2.87. The second-order valence-electron chi connectivity index (χ2n) is 6.94. The molecule has 2 saturated heterocycles. The van der Waals surface area contributed by atoms with E-state index in [1.165, 1.54) is 0 Å². The Labute approximate surface area is 149 Å². The first-order valence-corrected chi connectivity index (χ1v) is 10.7. The number of nitrogens with zero attached hydrogens (tertiary/aromatic N) is 1. The molecule has 0 spiro atoms. The van der Waals surface area contributed by atoms with Crippen LogP contribution in [0.25, 0.3) is 0 Å². The van der Waals surface area contributed by atoms with Crippen molar-refractivity contribution in [3.05, 3.63) is 34.9 Å². The molecule has 0 saturated carbocycles. The van der Waals surface area contributed by atoms with Crippen LogP contribution in [0.3, 0.4) is 0 Å². The second-order valence-corrected chi connectivity index (χ2v) is 9.24. The van der Waals surface area contributed by atoms with Gasteiger partial charge in [0.25, 0.3) is 5.91 Å². The molecular formula is C18H26N2O4S. The van der Waals surface area contributed by atoms with Crippen molar-refractivity contribution in [3.8, 4) is 0 Å². The molecule has 1 amide bonds. The van der Waals surface area contributed by atoms with E-state index in [4.69, 9.17) is 4.74 Å². The highest BCUT2D eigenvalue weighted by atomic mass is 32.2. The number of rotatable bonds is 4. The number of ether oxygens (including phenoxy) is 1. The highest BCUT2D eigenvalue weighted by Crippen LogP contribution is 2.16. The molecule has 3 rings (SSSR count). The SMILES string of the molecule is Cc1ccc(CN2CCS(=O)(=O)CC2)cc1C(=O)NC1CCOCC1. The van der Waals surface area contributed by atoms with Gasteiger partial charge in [0.1, 0.15) is 0 Å². The minimum Gasteiger partial charge on any atom is -0.381 e. The lowest BCUT2D eigenvalue weighted by Crippen LogP contribution is -2.40. The van der Waals surface area contributed by atoms with Crippen LogP contribution < -0.4 is 5.32 Å². The first-order chi connectivity index (χ1) is 11.9. The average molecular weight is 366 g/mol. The maximum Gasteiger partial charge on any atom is 0.251 e. The molecule has 0 bridgehead atoms. The van der Waals surface area contributed by atoms with Crippen molar-refractivity contribution in [2.24, 2.45) is 0 Å². The summed E-state index contributed by atoms with van der Waals surface area (Å²) in [5, 5.41) is 3.11. The summed E-state index contributed by atoms with van der Waals surface area (Å²) in [6.45, 7) is 5.12. The van der Waals surface area contributed by atoms with E-state index in [2.05, 4.69) is 10.2 Å². The zero-order valence-electron chi connectivity index (χ0n) is 14.7. The van der Waals surface area contributed by atoms with Crippen molar-refractivity contribution in [3.63, 3.8) is 0 Å². The number of sulfone groups is 1. The lowest BCUT2D eigenvalue weighted by atomic mass is 10.0. The maximum absolute atomic E-state index is 12.6. The van der Waals surface area contributed by atoms with Gasteiger partial charge in [-0.2, -0.15) is 0 Å². The Balaban J connectivity index is 1.64. The van der Waals surface area contributed by atoms with Gasteiger partial charge in [0.15, 0.2) is 9.84 Å². The van der Waals surface area contributed by atoms with Crippen molar-refractivity contribution in [2.45, 2.75) is 32.4 Å². The number of carbonyl (C=O) groups is 1. The molecule has 138 valence electrons. The van der Waals surface area contributed by atoms with Crippen molar-refractivity contribution in [1.29, 1.82) is 0 Å². The lowest BCUT2D eigenvalue weighted by Gasteiger charge is -2.27. The summed E-state index contributed by atoms with van der Waals surface area (Å²) in [5.74, 6) is 0.402. The van der Waals surface area contributed by atoms with Crippen molar-refractivity contribution >= 4 is 15.7 Å². The smallest absolute Gasteiger partial charge is 0.251 e. The molecule has 2 fully saturated rings. The molecule has 0 unspecified atom stereocenters. The van der Waals surface area contributed by atoms with Crippen molar-refractivity contribution in [1.82, 2.24) is 10.2 Å². The van der Waals surface area contributed by atoms with Gasteiger partial charge in [-0.05, 0) is 37.0 Å². The van der Waals surface area contributed by atoms with Gasteiger partial charge >= 0.3 is 0 Å². The molecule has 0 radical (unpaired) electrons. The molecule has 2 aliphatic heterocycles. The van der Waals surface area contributed by atoms with Crippen LogP contribution in [0.5, 0.6) is 0 Å². The maximum atomic E-state index is 12.6. The van der Waals surface area contributed by atoms with Gasteiger partial charge in [-0.25, -0.2) is 8.42 Å². The molecule has 25 heavy (non-hydrogen) atoms. The molecule has 6 nitrogen and oxygen atoms in total. The number of hydrogen-bond donors (Lipinski definition) is 1. The van der Waals surface area contributed by atoms with Crippen LogP contribution >= 0.6 is 0 Å². The van der Waals surface area contributed by atoms with Crippen LogP contribution in [0.1, 0.15) is 34.3 Å². The van der Waals surface area contributed by atoms with E-state index in [1.807, 2.05) is 25.1 Å². The fourth-order valence-electron chi connectivity index (χ4n) is 3.28. The number of hydrogen-bond acceptors (Lipinski definition) is 5. The van der Waals surface area contributed by atoms with E-state index in [-0.39, 0.29) is 23.5 Å². The Morgan fingerprint density at radius 3 is 2.60 bits per heavy atom. The van der Waals surface area contributed by atoms with Gasteiger partial charge in [-0.1, -0.05) is 12.1 Å². The number of benzene rings is 1. The number of nitrogens with one attached hydrogen (secondary N) is 1. The van der Waals surface area contributed by atoms with E-state index in [0.717, 1.165) is 24.0 Å². The number of carbonyl (C=O) groups excluding carboxylic acids is 1. The average Bonchev–Trinajstić information content (AvgIpc) is 2.59. The summed E-state index contributed by atoms with van der Waals surface area (Å²) in [6.07, 6.45) is 1.71. The molecule has 0 aliphatic carbocycles. The quantitative estimate of drug-likeness (QED) is 0.865. The molecule has 7 heteroatoms. The van der Waals surface area contributed by atoms with Crippen LogP contribution in [-0.4, -0.2) is 63.1 Å². The molecule has 0 aromatic heterocycles. The highest BCUT2D eigenvalue weighted by Gasteiger charge is 2.22. The fraction of sp³-hybridized carbons (Fsp3) is 0.611. The lowest BCUT2D eigenvalue weighted by molar-refractivity contribution is 0.0696.